The van der Waals surface area contributed by atoms with Gasteiger partial charge >= 0.3 is 0 Å². The molecule has 152 valence electrons. The van der Waals surface area contributed by atoms with Gasteiger partial charge in [-0.2, -0.15) is 0 Å². The predicted molar refractivity (Wildman–Crippen MR) is 107 cm³/mol. The highest BCUT2D eigenvalue weighted by Gasteiger charge is 2.23. The second-order valence-corrected chi connectivity index (χ2v) is 7.16. The van der Waals surface area contributed by atoms with Crippen LogP contribution in [0.5, 0.6) is 0 Å². The van der Waals surface area contributed by atoms with Crippen molar-refractivity contribution in [3.05, 3.63) is 69.1 Å². The van der Waals surface area contributed by atoms with Crippen molar-refractivity contribution in [2.75, 3.05) is 19.6 Å². The fourth-order valence-corrected chi connectivity index (χ4v) is 3.34. The first kappa shape index (κ1) is 20.6. The molecule has 2 heterocycles. The van der Waals surface area contributed by atoms with Crippen LogP contribution < -0.4 is 5.32 Å². The molecule has 1 aromatic heterocycles. The van der Waals surface area contributed by atoms with E-state index in [1.165, 1.54) is 24.3 Å². The monoisotopic (exact) mass is 417 g/mol. The number of halogens is 1. The Labute approximate surface area is 172 Å². The van der Waals surface area contributed by atoms with Crippen molar-refractivity contribution in [1.29, 1.82) is 0 Å². The minimum absolute atomic E-state index is 0.0766. The number of piperidine rings is 1. The summed E-state index contributed by atoms with van der Waals surface area (Å²) >= 11 is 6.00. The molecule has 1 aliphatic heterocycles. The number of carbonyl (C=O) groups is 2. The fourth-order valence-electron chi connectivity index (χ4n) is 3.14. The summed E-state index contributed by atoms with van der Waals surface area (Å²) in [5.74, 6) is 0.316. The number of non-ortho nitro benzene ring substituents is 1. The van der Waals surface area contributed by atoms with Crippen LogP contribution >= 0.6 is 11.6 Å². The van der Waals surface area contributed by atoms with Crippen LogP contribution in [-0.2, 0) is 4.79 Å². The largest absolute Gasteiger partial charge is 0.465 e. The zero-order valence-electron chi connectivity index (χ0n) is 15.5. The van der Waals surface area contributed by atoms with Crippen molar-refractivity contribution in [1.82, 2.24) is 10.2 Å². The number of likely N-dealkylation sites (tertiary alicyclic amines) is 1. The van der Waals surface area contributed by atoms with Crippen molar-refractivity contribution >= 4 is 35.2 Å². The highest BCUT2D eigenvalue weighted by molar-refractivity contribution is 6.33. The van der Waals surface area contributed by atoms with Gasteiger partial charge in [0.05, 0.1) is 21.8 Å². The van der Waals surface area contributed by atoms with Crippen molar-refractivity contribution in [2.24, 2.45) is 5.92 Å². The van der Waals surface area contributed by atoms with Crippen LogP contribution in [0, 0.1) is 16.0 Å². The minimum atomic E-state index is -0.569. The zero-order chi connectivity index (χ0) is 20.8. The maximum Gasteiger partial charge on any atom is 0.270 e. The van der Waals surface area contributed by atoms with Gasteiger partial charge in [-0.1, -0.05) is 11.6 Å². The van der Waals surface area contributed by atoms with E-state index in [-0.39, 0.29) is 28.1 Å². The predicted octanol–water partition coefficient (Wildman–Crippen LogP) is 3.52. The van der Waals surface area contributed by atoms with Crippen molar-refractivity contribution < 1.29 is 18.9 Å². The van der Waals surface area contributed by atoms with Gasteiger partial charge in [0.2, 0.25) is 5.91 Å². The van der Waals surface area contributed by atoms with Gasteiger partial charge < -0.3 is 14.6 Å². The molecular formula is C20H20ClN3O5. The Morgan fingerprint density at radius 3 is 2.72 bits per heavy atom. The molecule has 0 aliphatic carbocycles. The number of nitrogens with zero attached hydrogens (tertiary/aromatic N) is 2. The summed E-state index contributed by atoms with van der Waals surface area (Å²) < 4.78 is 5.16. The van der Waals surface area contributed by atoms with Crippen LogP contribution in [0.2, 0.25) is 5.02 Å². The van der Waals surface area contributed by atoms with Crippen LogP contribution in [0.4, 0.5) is 5.69 Å². The number of benzene rings is 1. The highest BCUT2D eigenvalue weighted by atomic mass is 35.5. The third-order valence-corrected chi connectivity index (χ3v) is 5.15. The van der Waals surface area contributed by atoms with Gasteiger partial charge in [-0.05, 0) is 43.0 Å². The maximum atomic E-state index is 12.4. The molecule has 8 nitrogen and oxygen atoms in total. The van der Waals surface area contributed by atoms with E-state index < -0.39 is 10.8 Å². The number of hydrogen-bond acceptors (Lipinski definition) is 5. The SMILES string of the molecule is O=C(NCC1CCN(C(=O)/C=C/c2ccco2)CC1)c1cc([N+](=O)[O-])ccc1Cl. The van der Waals surface area contributed by atoms with Gasteiger partial charge in [0.25, 0.3) is 11.6 Å². The fraction of sp³-hybridized carbons (Fsp3) is 0.300. The number of amides is 2. The first-order valence-electron chi connectivity index (χ1n) is 9.16. The molecule has 0 spiro atoms. The Morgan fingerprint density at radius 2 is 2.07 bits per heavy atom. The summed E-state index contributed by atoms with van der Waals surface area (Å²) in [6.07, 6.45) is 6.18. The number of nitrogens with one attached hydrogen (secondary N) is 1. The summed E-state index contributed by atoms with van der Waals surface area (Å²) in [7, 11) is 0. The Kier molecular flexibility index (Phi) is 6.66. The van der Waals surface area contributed by atoms with E-state index in [2.05, 4.69) is 5.32 Å². The maximum absolute atomic E-state index is 12.4. The zero-order valence-corrected chi connectivity index (χ0v) is 16.3. The second kappa shape index (κ2) is 9.38. The Hall–Kier alpha value is -3.13. The molecule has 2 amide bonds. The van der Waals surface area contributed by atoms with E-state index in [4.69, 9.17) is 16.0 Å². The molecular weight excluding hydrogens is 398 g/mol. The molecule has 2 aromatic rings. The molecule has 1 aromatic carbocycles. The second-order valence-electron chi connectivity index (χ2n) is 6.75. The third-order valence-electron chi connectivity index (χ3n) is 4.82. The van der Waals surface area contributed by atoms with Crippen molar-refractivity contribution in [3.8, 4) is 0 Å². The lowest BCUT2D eigenvalue weighted by atomic mass is 9.96. The van der Waals surface area contributed by atoms with Gasteiger partial charge in [-0.25, -0.2) is 0 Å². The Morgan fingerprint density at radius 1 is 1.31 bits per heavy atom. The number of nitro benzene ring substituents is 1. The molecule has 9 heteroatoms. The summed E-state index contributed by atoms with van der Waals surface area (Å²) in [6, 6.07) is 7.29. The molecule has 1 fully saturated rings. The quantitative estimate of drug-likeness (QED) is 0.439. The normalized spacial score (nSPS) is 14.9. The average Bonchev–Trinajstić information content (AvgIpc) is 3.24. The summed E-state index contributed by atoms with van der Waals surface area (Å²) in [5, 5.41) is 13.8. The topological polar surface area (TPSA) is 106 Å². The van der Waals surface area contributed by atoms with E-state index in [1.807, 2.05) is 0 Å². The summed E-state index contributed by atoms with van der Waals surface area (Å²) in [6.45, 7) is 1.61. The van der Waals surface area contributed by atoms with Crippen LogP contribution in [0.15, 0.2) is 47.1 Å². The van der Waals surface area contributed by atoms with Gasteiger partial charge in [0.1, 0.15) is 5.76 Å². The van der Waals surface area contributed by atoms with Gasteiger partial charge in [0.15, 0.2) is 0 Å². The number of carbonyl (C=O) groups excluding carboxylic acids is 2. The molecule has 1 aliphatic rings. The van der Waals surface area contributed by atoms with Crippen molar-refractivity contribution in [3.63, 3.8) is 0 Å². The van der Waals surface area contributed by atoms with E-state index in [0.29, 0.717) is 25.4 Å². The van der Waals surface area contributed by atoms with E-state index in [9.17, 15) is 19.7 Å². The van der Waals surface area contributed by atoms with E-state index in [1.54, 1.807) is 29.4 Å². The lowest BCUT2D eigenvalue weighted by Gasteiger charge is -2.31. The summed E-state index contributed by atoms with van der Waals surface area (Å²) in [4.78, 5) is 36.7. The molecule has 0 saturated carbocycles. The number of furan rings is 1. The highest BCUT2D eigenvalue weighted by Crippen LogP contribution is 2.22. The molecule has 29 heavy (non-hydrogen) atoms. The molecule has 0 radical (unpaired) electrons. The van der Waals surface area contributed by atoms with Crippen LogP contribution in [0.25, 0.3) is 6.08 Å². The number of hydrogen-bond donors (Lipinski definition) is 1. The standard InChI is InChI=1S/C20H20ClN3O5/c21-18-5-3-15(24(27)28)12-17(18)20(26)22-13-14-7-9-23(10-8-14)19(25)6-4-16-2-1-11-29-16/h1-6,11-12,14H,7-10,13H2,(H,22,26)/b6-4+. The van der Waals surface area contributed by atoms with Crippen LogP contribution in [-0.4, -0.2) is 41.3 Å². The van der Waals surface area contributed by atoms with Gasteiger partial charge in [0, 0.05) is 37.8 Å². The van der Waals surface area contributed by atoms with Gasteiger partial charge in [-0.15, -0.1) is 0 Å². The van der Waals surface area contributed by atoms with Gasteiger partial charge in [-0.3, -0.25) is 19.7 Å². The first-order valence-corrected chi connectivity index (χ1v) is 9.54. The third kappa shape index (κ3) is 5.45. The van der Waals surface area contributed by atoms with Crippen molar-refractivity contribution in [2.45, 2.75) is 12.8 Å². The molecule has 0 unspecified atom stereocenters. The molecule has 1 N–H and O–H groups in total. The number of rotatable bonds is 6. The molecule has 0 bridgehead atoms. The van der Waals surface area contributed by atoms with Crippen LogP contribution in [0.3, 0.4) is 0 Å². The average molecular weight is 418 g/mol. The van der Waals surface area contributed by atoms with E-state index >= 15 is 0 Å². The van der Waals surface area contributed by atoms with E-state index in [0.717, 1.165) is 12.8 Å². The lowest BCUT2D eigenvalue weighted by molar-refractivity contribution is -0.384. The minimum Gasteiger partial charge on any atom is -0.465 e. The Bertz CT molecular complexity index is 918. The first-order chi connectivity index (χ1) is 13.9. The lowest BCUT2D eigenvalue weighted by Crippen LogP contribution is -2.41. The van der Waals surface area contributed by atoms with Crippen LogP contribution in [0.1, 0.15) is 29.0 Å². The summed E-state index contributed by atoms with van der Waals surface area (Å²) in [5.41, 5.74) is -0.106. The number of nitro groups is 1. The smallest absolute Gasteiger partial charge is 0.270 e. The molecule has 3 rings (SSSR count). The molecule has 1 saturated heterocycles. The molecule has 0 atom stereocenters. The Balaban J connectivity index is 1.47.